The first-order chi connectivity index (χ1) is 8.18. The van der Waals surface area contributed by atoms with Crippen LogP contribution in [0.5, 0.6) is 0 Å². The van der Waals surface area contributed by atoms with Crippen molar-refractivity contribution in [2.45, 2.75) is 6.54 Å². The zero-order valence-electron chi connectivity index (χ0n) is 8.81. The van der Waals surface area contributed by atoms with Crippen LogP contribution in [0.2, 0.25) is 0 Å². The Hall–Kier alpha value is -1.88. The van der Waals surface area contributed by atoms with Crippen molar-refractivity contribution < 1.29 is 14.3 Å². The lowest BCUT2D eigenvalue weighted by Gasteiger charge is -2.06. The Labute approximate surface area is 102 Å². The third-order valence-electron chi connectivity index (χ3n) is 2.28. The highest BCUT2D eigenvalue weighted by Gasteiger charge is 2.11. The molecule has 1 aromatic heterocycles. The average molecular weight is 251 g/mol. The van der Waals surface area contributed by atoms with Crippen LogP contribution < -0.4 is 5.32 Å². The normalized spacial score (nSPS) is 10.2. The van der Waals surface area contributed by atoms with Gasteiger partial charge >= 0.3 is 5.97 Å². The molecule has 0 atom stereocenters. The number of aromatic carboxylic acids is 1. The fraction of sp³-hybridized carbons (Fsp3) is 0.0833. The third-order valence-corrected chi connectivity index (χ3v) is 3.23. The number of carboxylic acid groups (broad SMARTS) is 1. The summed E-state index contributed by atoms with van der Waals surface area (Å²) in [5, 5.41) is 13.5. The van der Waals surface area contributed by atoms with Gasteiger partial charge in [0.2, 0.25) is 0 Å². The van der Waals surface area contributed by atoms with Gasteiger partial charge < -0.3 is 10.4 Å². The topological polar surface area (TPSA) is 49.3 Å². The summed E-state index contributed by atoms with van der Waals surface area (Å²) in [5.41, 5.74) is 1.03. The number of nitrogens with one attached hydrogen (secondary N) is 1. The van der Waals surface area contributed by atoms with Gasteiger partial charge in [-0.25, -0.2) is 9.18 Å². The van der Waals surface area contributed by atoms with E-state index in [1.165, 1.54) is 6.07 Å². The number of carbonyl (C=O) groups is 1. The van der Waals surface area contributed by atoms with Crippen LogP contribution in [-0.2, 0) is 6.54 Å². The van der Waals surface area contributed by atoms with Gasteiger partial charge in [0, 0.05) is 6.54 Å². The second-order valence-corrected chi connectivity index (χ2v) is 4.33. The summed E-state index contributed by atoms with van der Waals surface area (Å²) in [6.45, 7) is 0.298. The second kappa shape index (κ2) is 4.97. The minimum absolute atomic E-state index is 0.286. The van der Waals surface area contributed by atoms with Crippen LogP contribution in [0, 0.1) is 5.82 Å². The predicted molar refractivity (Wildman–Crippen MR) is 65.0 cm³/mol. The Morgan fingerprint density at radius 3 is 2.82 bits per heavy atom. The van der Waals surface area contributed by atoms with Gasteiger partial charge in [0.05, 0.1) is 5.69 Å². The molecule has 5 heteroatoms. The summed E-state index contributed by atoms with van der Waals surface area (Å²) in [6, 6.07) is 8.02. The van der Waals surface area contributed by atoms with E-state index in [-0.39, 0.29) is 10.7 Å². The van der Waals surface area contributed by atoms with Crippen LogP contribution >= 0.6 is 11.3 Å². The molecule has 0 saturated heterocycles. The van der Waals surface area contributed by atoms with Gasteiger partial charge in [-0.3, -0.25) is 0 Å². The summed E-state index contributed by atoms with van der Waals surface area (Å²) < 4.78 is 13.3. The van der Waals surface area contributed by atoms with Crippen molar-refractivity contribution >= 4 is 23.0 Å². The lowest BCUT2D eigenvalue weighted by atomic mass is 10.2. The molecule has 0 aliphatic carbocycles. The number of benzene rings is 1. The van der Waals surface area contributed by atoms with Gasteiger partial charge in [0.1, 0.15) is 10.7 Å². The van der Waals surface area contributed by atoms with E-state index >= 15 is 0 Å². The summed E-state index contributed by atoms with van der Waals surface area (Å²) in [5.74, 6) is -1.30. The zero-order chi connectivity index (χ0) is 12.3. The zero-order valence-corrected chi connectivity index (χ0v) is 9.63. The quantitative estimate of drug-likeness (QED) is 0.877. The van der Waals surface area contributed by atoms with Crippen LogP contribution in [0.25, 0.3) is 0 Å². The predicted octanol–water partition coefficient (Wildman–Crippen LogP) is 3.20. The smallest absolute Gasteiger partial charge is 0.346 e. The number of hydrogen-bond acceptors (Lipinski definition) is 3. The Bertz CT molecular complexity index is 539. The molecular weight excluding hydrogens is 241 g/mol. The van der Waals surface area contributed by atoms with Crippen LogP contribution in [0.1, 0.15) is 15.2 Å². The van der Waals surface area contributed by atoms with E-state index in [4.69, 9.17) is 5.11 Å². The molecule has 0 aliphatic rings. The Morgan fingerprint density at radius 1 is 1.35 bits per heavy atom. The first-order valence-corrected chi connectivity index (χ1v) is 5.84. The number of carboxylic acids is 1. The number of hydrogen-bond donors (Lipinski definition) is 2. The maximum absolute atomic E-state index is 13.3. The van der Waals surface area contributed by atoms with E-state index in [1.807, 2.05) is 0 Å². The van der Waals surface area contributed by atoms with E-state index in [2.05, 4.69) is 5.32 Å². The average Bonchev–Trinajstić information content (AvgIpc) is 2.76. The monoisotopic (exact) mass is 251 g/mol. The molecule has 0 bridgehead atoms. The van der Waals surface area contributed by atoms with E-state index < -0.39 is 5.97 Å². The van der Waals surface area contributed by atoms with Crippen LogP contribution in [0.4, 0.5) is 10.1 Å². The van der Waals surface area contributed by atoms with Gasteiger partial charge in [0.25, 0.3) is 0 Å². The van der Waals surface area contributed by atoms with E-state index in [0.29, 0.717) is 17.8 Å². The van der Waals surface area contributed by atoms with Crippen LogP contribution in [-0.4, -0.2) is 11.1 Å². The number of halogens is 1. The van der Waals surface area contributed by atoms with Gasteiger partial charge in [-0.15, -0.1) is 11.3 Å². The Balaban J connectivity index is 2.10. The molecule has 0 aliphatic heterocycles. The van der Waals surface area contributed by atoms with Crippen molar-refractivity contribution in [2.24, 2.45) is 0 Å². The molecule has 2 aromatic rings. The molecule has 0 amide bonds. The molecular formula is C12H10FNO2S. The standard InChI is InChI=1S/C12H10FNO2S/c13-9-3-1-2-4-10(9)14-7-8-5-6-17-11(8)12(15)16/h1-6,14H,7H2,(H,15,16). The van der Waals surface area contributed by atoms with Crippen molar-refractivity contribution in [3.05, 3.63) is 52.0 Å². The maximum atomic E-state index is 13.3. The number of thiophene rings is 1. The molecule has 0 radical (unpaired) electrons. The molecule has 0 fully saturated rings. The highest BCUT2D eigenvalue weighted by atomic mass is 32.1. The number of rotatable bonds is 4. The number of para-hydroxylation sites is 1. The van der Waals surface area contributed by atoms with Crippen LogP contribution in [0.15, 0.2) is 35.7 Å². The van der Waals surface area contributed by atoms with Crippen molar-refractivity contribution in [1.29, 1.82) is 0 Å². The van der Waals surface area contributed by atoms with Gasteiger partial charge in [0.15, 0.2) is 0 Å². The summed E-state index contributed by atoms with van der Waals surface area (Å²) in [6.07, 6.45) is 0. The SMILES string of the molecule is O=C(O)c1sccc1CNc1ccccc1F. The summed E-state index contributed by atoms with van der Waals surface area (Å²) >= 11 is 1.16. The molecule has 0 spiro atoms. The fourth-order valence-corrected chi connectivity index (χ4v) is 2.22. The van der Waals surface area contributed by atoms with Gasteiger partial charge in [-0.2, -0.15) is 0 Å². The number of anilines is 1. The van der Waals surface area contributed by atoms with Crippen LogP contribution in [0.3, 0.4) is 0 Å². The van der Waals surface area contributed by atoms with Crippen molar-refractivity contribution in [3.63, 3.8) is 0 Å². The maximum Gasteiger partial charge on any atom is 0.346 e. The molecule has 88 valence electrons. The minimum Gasteiger partial charge on any atom is -0.477 e. The minimum atomic E-state index is -0.953. The molecule has 2 rings (SSSR count). The largest absolute Gasteiger partial charge is 0.477 e. The lowest BCUT2D eigenvalue weighted by Crippen LogP contribution is -2.04. The molecule has 2 N–H and O–H groups in total. The molecule has 0 unspecified atom stereocenters. The second-order valence-electron chi connectivity index (χ2n) is 3.41. The van der Waals surface area contributed by atoms with Gasteiger partial charge in [-0.1, -0.05) is 12.1 Å². The molecule has 17 heavy (non-hydrogen) atoms. The first-order valence-electron chi connectivity index (χ1n) is 4.96. The first kappa shape index (κ1) is 11.6. The van der Waals surface area contributed by atoms with E-state index in [0.717, 1.165) is 11.3 Å². The summed E-state index contributed by atoms with van der Waals surface area (Å²) in [4.78, 5) is 11.2. The van der Waals surface area contributed by atoms with Crippen molar-refractivity contribution in [2.75, 3.05) is 5.32 Å². The molecule has 1 aromatic carbocycles. The Morgan fingerprint density at radius 2 is 2.12 bits per heavy atom. The fourth-order valence-electron chi connectivity index (χ4n) is 1.46. The Kier molecular flexibility index (Phi) is 3.39. The highest BCUT2D eigenvalue weighted by molar-refractivity contribution is 7.12. The molecule has 0 saturated carbocycles. The van der Waals surface area contributed by atoms with Crippen molar-refractivity contribution in [3.8, 4) is 0 Å². The lowest BCUT2D eigenvalue weighted by molar-refractivity contribution is 0.0701. The van der Waals surface area contributed by atoms with Crippen molar-refractivity contribution in [1.82, 2.24) is 0 Å². The molecule has 3 nitrogen and oxygen atoms in total. The highest BCUT2D eigenvalue weighted by Crippen LogP contribution is 2.19. The van der Waals surface area contributed by atoms with Gasteiger partial charge in [-0.05, 0) is 29.1 Å². The van der Waals surface area contributed by atoms with E-state index in [1.54, 1.807) is 29.6 Å². The third kappa shape index (κ3) is 2.62. The van der Waals surface area contributed by atoms with E-state index in [9.17, 15) is 9.18 Å². The molecule has 1 heterocycles. The summed E-state index contributed by atoms with van der Waals surface area (Å²) in [7, 11) is 0.